The molecule has 0 fully saturated rings. The van der Waals surface area contributed by atoms with Crippen molar-refractivity contribution in [3.8, 4) is 0 Å². The van der Waals surface area contributed by atoms with Gasteiger partial charge in [-0.25, -0.2) is 0 Å². The van der Waals surface area contributed by atoms with Crippen LogP contribution >= 0.6 is 27.5 Å². The summed E-state index contributed by atoms with van der Waals surface area (Å²) in [6.45, 7) is 9.68. The van der Waals surface area contributed by atoms with Crippen LogP contribution in [0, 0.1) is 5.92 Å². The van der Waals surface area contributed by atoms with Crippen molar-refractivity contribution in [3.05, 3.63) is 38.8 Å². The van der Waals surface area contributed by atoms with Crippen molar-refractivity contribution >= 4 is 33.6 Å². The maximum atomic E-state index is 6.11. The molecule has 1 nitrogen and oxygen atoms in total. The molecular formula is C15H21BrClN. The molecule has 0 heterocycles. The Balaban J connectivity index is 2.89. The van der Waals surface area contributed by atoms with Gasteiger partial charge in [0, 0.05) is 17.1 Å². The summed E-state index contributed by atoms with van der Waals surface area (Å²) in [6, 6.07) is 6.56. The normalized spacial score (nSPS) is 12.6. The SMILES string of the molecule is CC(C)NC/C(=C/c1ccc(Br)c(Cl)c1)C(C)C. The fourth-order valence-corrected chi connectivity index (χ4v) is 2.00. The van der Waals surface area contributed by atoms with Gasteiger partial charge >= 0.3 is 0 Å². The maximum absolute atomic E-state index is 6.11. The van der Waals surface area contributed by atoms with E-state index in [-0.39, 0.29) is 0 Å². The average Bonchev–Trinajstić information content (AvgIpc) is 2.28. The molecule has 3 heteroatoms. The molecule has 0 saturated carbocycles. The van der Waals surface area contributed by atoms with Crippen LogP contribution < -0.4 is 5.32 Å². The Morgan fingerprint density at radius 1 is 1.33 bits per heavy atom. The van der Waals surface area contributed by atoms with Crippen LogP contribution in [0.15, 0.2) is 28.2 Å². The molecule has 0 unspecified atom stereocenters. The number of rotatable bonds is 5. The summed E-state index contributed by atoms with van der Waals surface area (Å²) in [4.78, 5) is 0. The van der Waals surface area contributed by atoms with Gasteiger partial charge in [-0.1, -0.05) is 57.0 Å². The van der Waals surface area contributed by atoms with Gasteiger partial charge < -0.3 is 5.32 Å². The third-order valence-corrected chi connectivity index (χ3v) is 3.98. The van der Waals surface area contributed by atoms with Gasteiger partial charge in [-0.05, 0) is 39.5 Å². The van der Waals surface area contributed by atoms with Crippen molar-refractivity contribution in [1.82, 2.24) is 5.32 Å². The first-order valence-electron chi connectivity index (χ1n) is 6.29. The van der Waals surface area contributed by atoms with Crippen LogP contribution in [0.1, 0.15) is 33.3 Å². The van der Waals surface area contributed by atoms with Crippen molar-refractivity contribution in [3.63, 3.8) is 0 Å². The minimum absolute atomic E-state index is 0.501. The Morgan fingerprint density at radius 3 is 2.50 bits per heavy atom. The molecule has 1 N–H and O–H groups in total. The maximum Gasteiger partial charge on any atom is 0.0554 e. The second kappa shape index (κ2) is 7.32. The lowest BCUT2D eigenvalue weighted by Gasteiger charge is -2.15. The van der Waals surface area contributed by atoms with E-state index in [4.69, 9.17) is 11.6 Å². The van der Waals surface area contributed by atoms with Gasteiger partial charge in [0.05, 0.1) is 5.02 Å². The summed E-state index contributed by atoms with van der Waals surface area (Å²) in [5.41, 5.74) is 2.54. The van der Waals surface area contributed by atoms with Gasteiger partial charge in [-0.3, -0.25) is 0 Å². The predicted octanol–water partition coefficient (Wildman–Crippen LogP) is 5.14. The fourth-order valence-electron chi connectivity index (χ4n) is 1.56. The first kappa shape index (κ1) is 15.7. The summed E-state index contributed by atoms with van der Waals surface area (Å²) >= 11 is 9.52. The molecule has 0 bridgehead atoms. The Kier molecular flexibility index (Phi) is 6.40. The molecule has 1 aromatic carbocycles. The fraction of sp³-hybridized carbons (Fsp3) is 0.467. The smallest absolute Gasteiger partial charge is 0.0554 e. The highest BCUT2D eigenvalue weighted by Gasteiger charge is 2.05. The molecule has 0 spiro atoms. The number of benzene rings is 1. The summed E-state index contributed by atoms with van der Waals surface area (Å²) in [5, 5.41) is 4.22. The molecular weight excluding hydrogens is 310 g/mol. The molecule has 0 radical (unpaired) electrons. The highest BCUT2D eigenvalue weighted by Crippen LogP contribution is 2.25. The molecule has 0 aromatic heterocycles. The molecule has 100 valence electrons. The molecule has 0 saturated heterocycles. The zero-order valence-electron chi connectivity index (χ0n) is 11.4. The molecule has 0 atom stereocenters. The third kappa shape index (κ3) is 5.13. The van der Waals surface area contributed by atoms with E-state index < -0.39 is 0 Å². The van der Waals surface area contributed by atoms with Crippen LogP contribution in [0.2, 0.25) is 5.02 Å². The Bertz CT molecular complexity index is 425. The quantitative estimate of drug-likeness (QED) is 0.788. The van der Waals surface area contributed by atoms with Crippen LogP contribution in [-0.2, 0) is 0 Å². The zero-order chi connectivity index (χ0) is 13.7. The highest BCUT2D eigenvalue weighted by molar-refractivity contribution is 9.10. The van der Waals surface area contributed by atoms with Crippen LogP contribution in [0.3, 0.4) is 0 Å². The minimum atomic E-state index is 0.501. The van der Waals surface area contributed by atoms with Crippen molar-refractivity contribution < 1.29 is 0 Å². The van der Waals surface area contributed by atoms with Gasteiger partial charge in [-0.2, -0.15) is 0 Å². The van der Waals surface area contributed by atoms with Gasteiger partial charge in [0.1, 0.15) is 0 Å². The molecule has 0 aliphatic rings. The Morgan fingerprint density at radius 2 is 2.00 bits per heavy atom. The van der Waals surface area contributed by atoms with Crippen LogP contribution in [0.5, 0.6) is 0 Å². The van der Waals surface area contributed by atoms with Gasteiger partial charge in [0.2, 0.25) is 0 Å². The van der Waals surface area contributed by atoms with Crippen molar-refractivity contribution in [2.24, 2.45) is 5.92 Å². The molecule has 1 aromatic rings. The molecule has 18 heavy (non-hydrogen) atoms. The van der Waals surface area contributed by atoms with Gasteiger partial charge in [0.15, 0.2) is 0 Å². The molecule has 0 aliphatic heterocycles. The van der Waals surface area contributed by atoms with Crippen molar-refractivity contribution in [2.45, 2.75) is 33.7 Å². The predicted molar refractivity (Wildman–Crippen MR) is 85.1 cm³/mol. The van der Waals surface area contributed by atoms with Crippen LogP contribution in [-0.4, -0.2) is 12.6 Å². The minimum Gasteiger partial charge on any atom is -0.311 e. The zero-order valence-corrected chi connectivity index (χ0v) is 13.8. The Hall–Kier alpha value is -0.310. The second-order valence-corrected chi connectivity index (χ2v) is 6.34. The standard InChI is InChI=1S/C15H21BrClN/c1-10(2)13(9-18-11(3)4)7-12-5-6-14(16)15(17)8-12/h5-8,10-11,18H,9H2,1-4H3/b13-7-. The van der Waals surface area contributed by atoms with Crippen molar-refractivity contribution in [1.29, 1.82) is 0 Å². The average molecular weight is 331 g/mol. The lowest BCUT2D eigenvalue weighted by molar-refractivity contribution is 0.593. The summed E-state index contributed by atoms with van der Waals surface area (Å²) in [6.07, 6.45) is 2.22. The molecule has 0 amide bonds. The van der Waals surface area contributed by atoms with E-state index >= 15 is 0 Å². The molecule has 0 aliphatic carbocycles. The first-order valence-corrected chi connectivity index (χ1v) is 7.46. The van der Waals surface area contributed by atoms with Crippen molar-refractivity contribution in [2.75, 3.05) is 6.54 Å². The summed E-state index contributed by atoms with van der Waals surface area (Å²) < 4.78 is 0.938. The first-order chi connectivity index (χ1) is 8.40. The van der Waals surface area contributed by atoms with E-state index in [1.54, 1.807) is 0 Å². The highest BCUT2D eigenvalue weighted by atomic mass is 79.9. The lowest BCUT2D eigenvalue weighted by atomic mass is 10.00. The van der Waals surface area contributed by atoms with E-state index in [9.17, 15) is 0 Å². The number of halogens is 2. The van der Waals surface area contributed by atoms with Crippen LogP contribution in [0.25, 0.3) is 6.08 Å². The van der Waals surface area contributed by atoms with Crippen LogP contribution in [0.4, 0.5) is 0 Å². The van der Waals surface area contributed by atoms with Gasteiger partial charge in [0.25, 0.3) is 0 Å². The van der Waals surface area contributed by atoms with Gasteiger partial charge in [-0.15, -0.1) is 0 Å². The monoisotopic (exact) mass is 329 g/mol. The number of nitrogens with one attached hydrogen (secondary N) is 1. The molecule has 1 rings (SSSR count). The Labute approximate surface area is 124 Å². The topological polar surface area (TPSA) is 12.0 Å². The third-order valence-electron chi connectivity index (χ3n) is 2.75. The van der Waals surface area contributed by atoms with E-state index in [2.05, 4.69) is 61.1 Å². The summed E-state index contributed by atoms with van der Waals surface area (Å²) in [7, 11) is 0. The van der Waals surface area contributed by atoms with E-state index in [0.29, 0.717) is 12.0 Å². The van der Waals surface area contributed by atoms with E-state index in [0.717, 1.165) is 21.6 Å². The summed E-state index contributed by atoms with van der Waals surface area (Å²) in [5.74, 6) is 0.527. The second-order valence-electron chi connectivity index (χ2n) is 5.08. The number of hydrogen-bond donors (Lipinski definition) is 1. The lowest BCUT2D eigenvalue weighted by Crippen LogP contribution is -2.26. The van der Waals surface area contributed by atoms with E-state index in [1.165, 1.54) is 5.57 Å². The number of hydrogen-bond acceptors (Lipinski definition) is 1. The largest absolute Gasteiger partial charge is 0.311 e. The van der Waals surface area contributed by atoms with E-state index in [1.807, 2.05) is 12.1 Å².